The molecular formula is C17H22FN5O. The van der Waals surface area contributed by atoms with Gasteiger partial charge in [0.15, 0.2) is 0 Å². The molecule has 1 atom stereocenters. The van der Waals surface area contributed by atoms with Gasteiger partial charge in [-0.25, -0.2) is 14.4 Å². The van der Waals surface area contributed by atoms with Crippen molar-refractivity contribution in [1.29, 1.82) is 0 Å². The van der Waals surface area contributed by atoms with Gasteiger partial charge in [-0.3, -0.25) is 9.88 Å². The molecule has 1 unspecified atom stereocenters. The number of ether oxygens (including phenoxy) is 1. The molecule has 0 radical (unpaired) electrons. The van der Waals surface area contributed by atoms with Gasteiger partial charge in [0.05, 0.1) is 13.3 Å². The van der Waals surface area contributed by atoms with E-state index >= 15 is 0 Å². The molecule has 3 heterocycles. The van der Waals surface area contributed by atoms with Gasteiger partial charge < -0.3 is 9.64 Å². The third-order valence-electron chi connectivity index (χ3n) is 4.48. The third-order valence-corrected chi connectivity index (χ3v) is 4.48. The van der Waals surface area contributed by atoms with Crippen LogP contribution in [-0.2, 0) is 6.54 Å². The van der Waals surface area contributed by atoms with E-state index in [0.29, 0.717) is 24.0 Å². The zero-order valence-electron chi connectivity index (χ0n) is 14.0. The highest BCUT2D eigenvalue weighted by molar-refractivity contribution is 5.41. The molecular weight excluding hydrogens is 309 g/mol. The van der Waals surface area contributed by atoms with Gasteiger partial charge in [0.2, 0.25) is 5.88 Å². The Balaban J connectivity index is 1.67. The second-order valence-electron chi connectivity index (χ2n) is 6.03. The van der Waals surface area contributed by atoms with Crippen LogP contribution in [0.3, 0.4) is 0 Å². The maximum Gasteiger partial charge on any atom is 0.218 e. The lowest BCUT2D eigenvalue weighted by Gasteiger charge is -2.38. The molecule has 1 aliphatic rings. The number of hydrogen-bond acceptors (Lipinski definition) is 6. The van der Waals surface area contributed by atoms with Crippen LogP contribution in [-0.4, -0.2) is 53.1 Å². The highest BCUT2D eigenvalue weighted by Gasteiger charge is 2.25. The molecule has 2 aromatic heterocycles. The van der Waals surface area contributed by atoms with Crippen LogP contribution in [0.1, 0.15) is 18.4 Å². The van der Waals surface area contributed by atoms with Gasteiger partial charge in [-0.2, -0.15) is 0 Å². The van der Waals surface area contributed by atoms with Crippen molar-refractivity contribution < 1.29 is 9.13 Å². The first kappa shape index (κ1) is 16.6. The monoisotopic (exact) mass is 331 g/mol. The molecule has 1 aliphatic heterocycles. The molecule has 0 bridgehead atoms. The van der Waals surface area contributed by atoms with Gasteiger partial charge in [-0.1, -0.05) is 0 Å². The van der Waals surface area contributed by atoms with E-state index in [0.717, 1.165) is 31.7 Å². The Morgan fingerprint density at radius 3 is 3.08 bits per heavy atom. The number of piperidine rings is 1. The summed E-state index contributed by atoms with van der Waals surface area (Å²) >= 11 is 0. The summed E-state index contributed by atoms with van der Waals surface area (Å²) in [6.07, 6.45) is 6.58. The minimum Gasteiger partial charge on any atom is -0.481 e. The molecule has 1 saturated heterocycles. The molecule has 0 aromatic carbocycles. The number of rotatable bonds is 5. The van der Waals surface area contributed by atoms with Crippen molar-refractivity contribution in [1.82, 2.24) is 19.9 Å². The maximum atomic E-state index is 13.8. The van der Waals surface area contributed by atoms with Gasteiger partial charge >= 0.3 is 0 Å². The molecule has 7 heteroatoms. The van der Waals surface area contributed by atoms with Gasteiger partial charge in [-0.05, 0) is 25.5 Å². The molecule has 128 valence electrons. The van der Waals surface area contributed by atoms with E-state index in [2.05, 4.69) is 24.8 Å². The summed E-state index contributed by atoms with van der Waals surface area (Å²) in [5.41, 5.74) is 0.692. The number of anilines is 1. The minimum atomic E-state index is -0.242. The first-order chi connectivity index (χ1) is 11.7. The van der Waals surface area contributed by atoms with Crippen LogP contribution in [0.4, 0.5) is 10.2 Å². The highest BCUT2D eigenvalue weighted by atomic mass is 19.1. The average molecular weight is 331 g/mol. The summed E-state index contributed by atoms with van der Waals surface area (Å²) < 4.78 is 19.0. The van der Waals surface area contributed by atoms with Gasteiger partial charge in [0.25, 0.3) is 0 Å². The Hall–Kier alpha value is -2.28. The lowest BCUT2D eigenvalue weighted by molar-refractivity contribution is 0.196. The van der Waals surface area contributed by atoms with Crippen LogP contribution >= 0.6 is 0 Å². The number of hydrogen-bond donors (Lipinski definition) is 0. The Labute approximate surface area is 141 Å². The van der Waals surface area contributed by atoms with Crippen LogP contribution in [0.5, 0.6) is 5.88 Å². The molecule has 0 aliphatic carbocycles. The minimum absolute atomic E-state index is 0.242. The Bertz CT molecular complexity index is 684. The number of likely N-dealkylation sites (N-methyl/N-ethyl adjacent to an activating group) is 1. The predicted molar refractivity (Wildman–Crippen MR) is 89.5 cm³/mol. The number of nitrogens with zero attached hydrogens (tertiary/aromatic N) is 5. The molecule has 6 nitrogen and oxygen atoms in total. The lowest BCUT2D eigenvalue weighted by atomic mass is 10.0. The summed E-state index contributed by atoms with van der Waals surface area (Å²) in [5, 5.41) is 0. The number of aromatic nitrogens is 3. The van der Waals surface area contributed by atoms with Gasteiger partial charge in [-0.15, -0.1) is 0 Å². The lowest BCUT2D eigenvalue weighted by Crippen LogP contribution is -2.46. The van der Waals surface area contributed by atoms with E-state index in [1.54, 1.807) is 19.4 Å². The van der Waals surface area contributed by atoms with Crippen LogP contribution in [0.2, 0.25) is 0 Å². The van der Waals surface area contributed by atoms with E-state index < -0.39 is 0 Å². The zero-order chi connectivity index (χ0) is 16.9. The second-order valence-corrected chi connectivity index (χ2v) is 6.03. The summed E-state index contributed by atoms with van der Waals surface area (Å²) in [6, 6.07) is 3.91. The largest absolute Gasteiger partial charge is 0.481 e. The van der Waals surface area contributed by atoms with Crippen molar-refractivity contribution in [2.45, 2.75) is 25.4 Å². The van der Waals surface area contributed by atoms with Gasteiger partial charge in [0, 0.05) is 44.0 Å². The van der Waals surface area contributed by atoms with Gasteiger partial charge in [0.1, 0.15) is 18.0 Å². The van der Waals surface area contributed by atoms with E-state index in [1.807, 2.05) is 13.1 Å². The first-order valence-corrected chi connectivity index (χ1v) is 8.07. The fraction of sp³-hybridized carbons (Fsp3) is 0.471. The number of likely N-dealkylation sites (tertiary alicyclic amines) is 1. The second kappa shape index (κ2) is 7.53. The molecule has 1 fully saturated rings. The number of halogens is 1. The van der Waals surface area contributed by atoms with E-state index in [4.69, 9.17) is 4.74 Å². The fourth-order valence-corrected chi connectivity index (χ4v) is 3.09. The SMILES string of the molecule is COc1cc(N(C)C2CCCN(Cc3ccncc3F)C2)ncn1. The normalized spacial score (nSPS) is 18.4. The fourth-order valence-electron chi connectivity index (χ4n) is 3.09. The smallest absolute Gasteiger partial charge is 0.218 e. The quantitative estimate of drug-likeness (QED) is 0.836. The van der Waals surface area contributed by atoms with Crippen molar-refractivity contribution in [2.75, 3.05) is 32.1 Å². The number of methoxy groups -OCH3 is 1. The summed E-state index contributed by atoms with van der Waals surface area (Å²) in [6.45, 7) is 2.44. The van der Waals surface area contributed by atoms with E-state index in [-0.39, 0.29) is 5.82 Å². The molecule has 0 spiro atoms. The molecule has 2 aromatic rings. The van der Waals surface area contributed by atoms with Crippen LogP contribution in [0.15, 0.2) is 30.9 Å². The standard InChI is InChI=1S/C17H22FN5O/c1-22(16-8-17(24-2)21-12-20-16)14-4-3-7-23(11-14)10-13-5-6-19-9-15(13)18/h5-6,8-9,12,14H,3-4,7,10-11H2,1-2H3. The predicted octanol–water partition coefficient (Wildman–Crippen LogP) is 2.12. The van der Waals surface area contributed by atoms with Crippen molar-refractivity contribution >= 4 is 5.82 Å². The van der Waals surface area contributed by atoms with Crippen molar-refractivity contribution in [3.63, 3.8) is 0 Å². The summed E-state index contributed by atoms with van der Waals surface area (Å²) in [7, 11) is 3.63. The van der Waals surface area contributed by atoms with Crippen LogP contribution < -0.4 is 9.64 Å². The van der Waals surface area contributed by atoms with Crippen molar-refractivity contribution in [3.05, 3.63) is 42.2 Å². The zero-order valence-corrected chi connectivity index (χ0v) is 14.0. The summed E-state index contributed by atoms with van der Waals surface area (Å²) in [5.74, 6) is 1.15. The van der Waals surface area contributed by atoms with Crippen molar-refractivity contribution in [2.24, 2.45) is 0 Å². The first-order valence-electron chi connectivity index (χ1n) is 8.07. The topological polar surface area (TPSA) is 54.4 Å². The van der Waals surface area contributed by atoms with E-state index in [1.165, 1.54) is 12.5 Å². The molecule has 0 amide bonds. The van der Waals surface area contributed by atoms with E-state index in [9.17, 15) is 4.39 Å². The van der Waals surface area contributed by atoms with Crippen molar-refractivity contribution in [3.8, 4) is 5.88 Å². The average Bonchev–Trinajstić information content (AvgIpc) is 2.63. The van der Waals surface area contributed by atoms with Crippen LogP contribution in [0.25, 0.3) is 0 Å². The molecule has 0 saturated carbocycles. The molecule has 3 rings (SSSR count). The Morgan fingerprint density at radius 1 is 1.42 bits per heavy atom. The van der Waals surface area contributed by atoms with Crippen LogP contribution in [0, 0.1) is 5.82 Å². The Kier molecular flexibility index (Phi) is 5.20. The molecule has 0 N–H and O–H groups in total. The molecule has 24 heavy (non-hydrogen) atoms. The summed E-state index contributed by atoms with van der Waals surface area (Å²) in [4.78, 5) is 16.6. The Morgan fingerprint density at radius 2 is 2.29 bits per heavy atom. The highest BCUT2D eigenvalue weighted by Crippen LogP contribution is 2.23. The maximum absolute atomic E-state index is 13.8. The number of pyridine rings is 1. The third kappa shape index (κ3) is 3.79.